The van der Waals surface area contributed by atoms with Gasteiger partial charge in [0.15, 0.2) is 17.5 Å². The van der Waals surface area contributed by atoms with Crippen LogP contribution >= 0.6 is 0 Å². The molecule has 0 fully saturated rings. The van der Waals surface area contributed by atoms with Crippen molar-refractivity contribution in [3.05, 3.63) is 243 Å². The van der Waals surface area contributed by atoms with Crippen LogP contribution in [0.1, 0.15) is 0 Å². The van der Waals surface area contributed by atoms with Gasteiger partial charge in [0.05, 0.1) is 16.7 Å². The Labute approximate surface area is 398 Å². The Balaban J connectivity index is 1.11. The van der Waals surface area contributed by atoms with E-state index in [4.69, 9.17) is 15.0 Å². The third-order valence-electron chi connectivity index (χ3n) is 13.9. The fraction of sp³-hybridized carbons (Fsp3) is 0. The van der Waals surface area contributed by atoms with Gasteiger partial charge in [-0.25, -0.2) is 15.0 Å². The quantitative estimate of drug-likeness (QED) is 0.167. The van der Waals surface area contributed by atoms with Gasteiger partial charge in [-0.2, -0.15) is 0 Å². The van der Waals surface area contributed by atoms with Crippen LogP contribution in [0.2, 0.25) is 0 Å². The number of rotatable bonds is 6. The van der Waals surface area contributed by atoms with Crippen molar-refractivity contribution in [2.75, 3.05) is 0 Å². The van der Waals surface area contributed by atoms with E-state index in [2.05, 4.69) is 247 Å². The normalized spacial score (nSPS) is 11.8. The summed E-state index contributed by atoms with van der Waals surface area (Å²) in [5.74, 6) is 1.85. The predicted octanol–water partition coefficient (Wildman–Crippen LogP) is 17.1. The standard InChI is InChI=1S/C65H40N4/c1-2-16-41(17-3-1)45-26-14-27-51(35-45)63-66-64(55-31-15-25-43-19-10-11-28-52(43)55)68-65(67-63)59-40-56(50-33-32-42-18-4-5-20-44(42)34-50)62(54-30-13-12-29-53(54)59)69-60-38-48-23-8-6-21-46(48)36-57(60)58-37-47-22-7-9-24-49(47)39-61(58)69/h1-40H. The molecule has 69 heavy (non-hydrogen) atoms. The largest absolute Gasteiger partial charge is 0.308 e. The second-order valence-corrected chi connectivity index (χ2v) is 18.0. The summed E-state index contributed by atoms with van der Waals surface area (Å²) in [7, 11) is 0. The first kappa shape index (κ1) is 39.0. The van der Waals surface area contributed by atoms with Crippen LogP contribution in [0.25, 0.3) is 138 Å². The van der Waals surface area contributed by atoms with E-state index in [1.807, 2.05) is 0 Å². The molecular weight excluding hydrogens is 837 g/mol. The molecule has 0 bridgehead atoms. The van der Waals surface area contributed by atoms with Gasteiger partial charge in [0.25, 0.3) is 0 Å². The van der Waals surface area contributed by atoms with Crippen molar-refractivity contribution in [3.8, 4) is 62.1 Å². The SMILES string of the molecule is c1ccc(-c2cccc(-c3nc(-c4cccc5ccccc45)nc(-c4cc(-c5ccc6ccccc6c5)c(-n5c6cc7ccccc7cc6c6cc7ccccc7cc65)c5ccccc45)n3)c2)cc1. The number of hydrogen-bond donors (Lipinski definition) is 0. The third-order valence-corrected chi connectivity index (χ3v) is 13.9. The summed E-state index contributed by atoms with van der Waals surface area (Å²) in [6, 6.07) is 87.4. The van der Waals surface area contributed by atoms with E-state index >= 15 is 0 Å². The highest BCUT2D eigenvalue weighted by atomic mass is 15.0. The maximum Gasteiger partial charge on any atom is 0.164 e. The van der Waals surface area contributed by atoms with Crippen molar-refractivity contribution >= 4 is 75.7 Å². The minimum Gasteiger partial charge on any atom is -0.308 e. The van der Waals surface area contributed by atoms with Gasteiger partial charge in [-0.1, -0.05) is 200 Å². The Morgan fingerprint density at radius 2 is 0.725 bits per heavy atom. The lowest BCUT2D eigenvalue weighted by Gasteiger charge is -2.20. The molecule has 0 saturated carbocycles. The Morgan fingerprint density at radius 1 is 0.232 bits per heavy atom. The molecule has 0 spiro atoms. The predicted molar refractivity (Wildman–Crippen MR) is 289 cm³/mol. The highest BCUT2D eigenvalue weighted by molar-refractivity contribution is 6.19. The highest BCUT2D eigenvalue weighted by Crippen LogP contribution is 2.46. The Morgan fingerprint density at radius 3 is 1.42 bits per heavy atom. The molecule has 0 aliphatic rings. The number of hydrogen-bond acceptors (Lipinski definition) is 3. The summed E-state index contributed by atoms with van der Waals surface area (Å²) in [6.07, 6.45) is 0. The first-order chi connectivity index (χ1) is 34.2. The van der Waals surface area contributed by atoms with E-state index in [1.54, 1.807) is 0 Å². The summed E-state index contributed by atoms with van der Waals surface area (Å²) >= 11 is 0. The molecule has 14 rings (SSSR count). The summed E-state index contributed by atoms with van der Waals surface area (Å²) in [6.45, 7) is 0. The highest BCUT2D eigenvalue weighted by Gasteiger charge is 2.24. The smallest absolute Gasteiger partial charge is 0.164 e. The summed E-state index contributed by atoms with van der Waals surface area (Å²) < 4.78 is 2.52. The van der Waals surface area contributed by atoms with Crippen molar-refractivity contribution in [1.82, 2.24) is 19.5 Å². The van der Waals surface area contributed by atoms with Crippen LogP contribution in [-0.4, -0.2) is 19.5 Å². The number of nitrogens with zero attached hydrogens (tertiary/aromatic N) is 4. The number of aromatic nitrogens is 4. The molecule has 12 aromatic carbocycles. The van der Waals surface area contributed by atoms with Crippen molar-refractivity contribution in [2.45, 2.75) is 0 Å². The van der Waals surface area contributed by atoms with Gasteiger partial charge >= 0.3 is 0 Å². The lowest BCUT2D eigenvalue weighted by atomic mass is 9.92. The van der Waals surface area contributed by atoms with Gasteiger partial charge in [0.2, 0.25) is 0 Å². The van der Waals surface area contributed by atoms with E-state index in [-0.39, 0.29) is 0 Å². The minimum absolute atomic E-state index is 0.608. The molecular formula is C65H40N4. The zero-order chi connectivity index (χ0) is 45.4. The third kappa shape index (κ3) is 6.49. The van der Waals surface area contributed by atoms with E-state index in [1.165, 1.54) is 43.1 Å². The summed E-state index contributed by atoms with van der Waals surface area (Å²) in [4.78, 5) is 16.3. The maximum atomic E-state index is 5.50. The average Bonchev–Trinajstić information content (AvgIpc) is 3.72. The lowest BCUT2D eigenvalue weighted by Crippen LogP contribution is -2.04. The van der Waals surface area contributed by atoms with E-state index in [0.29, 0.717) is 17.5 Å². The molecule has 4 nitrogen and oxygen atoms in total. The van der Waals surface area contributed by atoms with Crippen LogP contribution in [0.4, 0.5) is 0 Å². The van der Waals surface area contributed by atoms with Gasteiger partial charge in [0.1, 0.15) is 0 Å². The molecule has 2 aromatic heterocycles. The fourth-order valence-electron chi connectivity index (χ4n) is 10.6. The maximum absolute atomic E-state index is 5.50. The minimum atomic E-state index is 0.608. The van der Waals surface area contributed by atoms with Crippen molar-refractivity contribution < 1.29 is 0 Å². The van der Waals surface area contributed by atoms with Gasteiger partial charge in [0, 0.05) is 38.4 Å². The molecule has 0 amide bonds. The van der Waals surface area contributed by atoms with E-state index in [0.717, 1.165) is 77.2 Å². The second-order valence-electron chi connectivity index (χ2n) is 18.0. The van der Waals surface area contributed by atoms with Gasteiger partial charge in [-0.05, 0) is 108 Å². The molecule has 0 saturated heterocycles. The van der Waals surface area contributed by atoms with E-state index < -0.39 is 0 Å². The zero-order valence-corrected chi connectivity index (χ0v) is 37.4. The topological polar surface area (TPSA) is 43.6 Å². The van der Waals surface area contributed by atoms with Crippen LogP contribution in [-0.2, 0) is 0 Å². The second kappa shape index (κ2) is 15.7. The average molecular weight is 877 g/mol. The number of benzene rings is 12. The molecule has 320 valence electrons. The molecule has 0 aliphatic heterocycles. The molecule has 0 aliphatic carbocycles. The Bertz CT molecular complexity index is 4280. The monoisotopic (exact) mass is 876 g/mol. The lowest BCUT2D eigenvalue weighted by molar-refractivity contribution is 1.08. The number of fused-ring (bicyclic) bond motifs is 8. The molecule has 4 heteroatoms. The Hall–Kier alpha value is -9.25. The van der Waals surface area contributed by atoms with Crippen LogP contribution in [0.3, 0.4) is 0 Å². The molecule has 0 radical (unpaired) electrons. The molecule has 0 unspecified atom stereocenters. The first-order valence-electron chi connectivity index (χ1n) is 23.5. The van der Waals surface area contributed by atoms with Crippen LogP contribution < -0.4 is 0 Å². The van der Waals surface area contributed by atoms with Crippen molar-refractivity contribution in [2.24, 2.45) is 0 Å². The van der Waals surface area contributed by atoms with Crippen molar-refractivity contribution in [3.63, 3.8) is 0 Å². The molecule has 0 N–H and O–H groups in total. The van der Waals surface area contributed by atoms with Gasteiger partial charge < -0.3 is 4.57 Å². The molecule has 2 heterocycles. The van der Waals surface area contributed by atoms with Crippen molar-refractivity contribution in [1.29, 1.82) is 0 Å². The van der Waals surface area contributed by atoms with Gasteiger partial charge in [-0.3, -0.25) is 0 Å². The van der Waals surface area contributed by atoms with Crippen LogP contribution in [0, 0.1) is 0 Å². The molecule has 14 aromatic rings. The fourth-order valence-corrected chi connectivity index (χ4v) is 10.6. The van der Waals surface area contributed by atoms with Crippen LogP contribution in [0.15, 0.2) is 243 Å². The molecule has 0 atom stereocenters. The zero-order valence-electron chi connectivity index (χ0n) is 37.4. The van der Waals surface area contributed by atoms with E-state index in [9.17, 15) is 0 Å². The van der Waals surface area contributed by atoms with Gasteiger partial charge in [-0.15, -0.1) is 0 Å². The summed E-state index contributed by atoms with van der Waals surface area (Å²) in [5, 5.41) is 14.0. The Kier molecular flexibility index (Phi) is 8.86. The summed E-state index contributed by atoms with van der Waals surface area (Å²) in [5.41, 5.74) is 10.6. The first-order valence-corrected chi connectivity index (χ1v) is 23.5. The van der Waals surface area contributed by atoms with Crippen LogP contribution in [0.5, 0.6) is 0 Å².